The van der Waals surface area contributed by atoms with Crippen molar-refractivity contribution in [3.05, 3.63) is 72.2 Å². The topological polar surface area (TPSA) is 64.3 Å². The molecule has 0 bridgehead atoms. The summed E-state index contributed by atoms with van der Waals surface area (Å²) in [5.74, 6) is 2.04. The molecule has 29 heavy (non-hydrogen) atoms. The first-order chi connectivity index (χ1) is 14.2. The van der Waals surface area contributed by atoms with E-state index in [9.17, 15) is 0 Å². The summed E-state index contributed by atoms with van der Waals surface area (Å²) in [4.78, 5) is 8.88. The van der Waals surface area contributed by atoms with Crippen LogP contribution in [-0.2, 0) is 6.42 Å². The summed E-state index contributed by atoms with van der Waals surface area (Å²) < 4.78 is 7.47. The van der Waals surface area contributed by atoms with Crippen LogP contribution in [0.5, 0.6) is 5.75 Å². The fourth-order valence-electron chi connectivity index (χ4n) is 3.30. The average Bonchev–Trinajstić information content (AvgIpc) is 3.17. The molecule has 6 nitrogen and oxygen atoms in total. The Morgan fingerprint density at radius 2 is 1.97 bits per heavy atom. The van der Waals surface area contributed by atoms with Gasteiger partial charge in [0.25, 0.3) is 0 Å². The molecule has 0 aliphatic heterocycles. The molecule has 4 rings (SSSR count). The third-order valence-corrected chi connectivity index (χ3v) is 4.94. The van der Waals surface area contributed by atoms with Crippen molar-refractivity contribution >= 4 is 11.5 Å². The van der Waals surface area contributed by atoms with Crippen LogP contribution in [-0.4, -0.2) is 33.2 Å². The number of imidazole rings is 1. The minimum absolute atomic E-state index is 0.427. The van der Waals surface area contributed by atoms with Gasteiger partial charge in [-0.15, -0.1) is 5.10 Å². The molecule has 148 valence electrons. The number of methoxy groups -OCH3 is 1. The van der Waals surface area contributed by atoms with E-state index in [1.807, 2.05) is 53.3 Å². The van der Waals surface area contributed by atoms with E-state index in [4.69, 9.17) is 9.84 Å². The second-order valence-electron chi connectivity index (χ2n) is 7.24. The van der Waals surface area contributed by atoms with Gasteiger partial charge in [-0.05, 0) is 47.9 Å². The molecule has 0 aliphatic rings. The summed E-state index contributed by atoms with van der Waals surface area (Å²) in [7, 11) is 1.69. The summed E-state index contributed by atoms with van der Waals surface area (Å²) >= 11 is 0. The van der Waals surface area contributed by atoms with Gasteiger partial charge in [0.05, 0.1) is 19.0 Å². The Kier molecular flexibility index (Phi) is 5.42. The van der Waals surface area contributed by atoms with Gasteiger partial charge in [-0.1, -0.05) is 26.0 Å². The first-order valence-corrected chi connectivity index (χ1v) is 9.82. The van der Waals surface area contributed by atoms with Gasteiger partial charge in [0.15, 0.2) is 5.65 Å². The van der Waals surface area contributed by atoms with E-state index in [-0.39, 0.29) is 0 Å². The lowest BCUT2D eigenvalue weighted by Gasteiger charge is -2.13. The monoisotopic (exact) mass is 387 g/mol. The molecular weight excluding hydrogens is 362 g/mol. The summed E-state index contributed by atoms with van der Waals surface area (Å²) in [5.41, 5.74) is 5.00. The van der Waals surface area contributed by atoms with Gasteiger partial charge in [-0.2, -0.15) is 0 Å². The number of aromatic nitrogens is 4. The predicted molar refractivity (Wildman–Crippen MR) is 115 cm³/mol. The maximum Gasteiger partial charge on any atom is 0.154 e. The highest BCUT2D eigenvalue weighted by atomic mass is 16.5. The van der Waals surface area contributed by atoms with Crippen LogP contribution in [0.2, 0.25) is 0 Å². The van der Waals surface area contributed by atoms with Gasteiger partial charge in [-0.3, -0.25) is 4.98 Å². The van der Waals surface area contributed by atoms with Crippen molar-refractivity contribution in [2.45, 2.75) is 26.2 Å². The molecule has 3 aromatic heterocycles. The van der Waals surface area contributed by atoms with Crippen LogP contribution in [0.25, 0.3) is 16.9 Å². The summed E-state index contributed by atoms with van der Waals surface area (Å²) in [6, 6.07) is 16.2. The highest BCUT2D eigenvalue weighted by molar-refractivity contribution is 5.71. The second-order valence-corrected chi connectivity index (χ2v) is 7.24. The van der Waals surface area contributed by atoms with Crippen molar-refractivity contribution in [2.24, 2.45) is 0 Å². The number of anilines is 1. The fourth-order valence-corrected chi connectivity index (χ4v) is 3.30. The summed E-state index contributed by atoms with van der Waals surface area (Å²) in [6.45, 7) is 5.12. The number of pyridine rings is 1. The molecule has 0 unspecified atom stereocenters. The molecule has 1 N–H and O–H groups in total. The first kappa shape index (κ1) is 18.9. The molecule has 0 saturated carbocycles. The maximum absolute atomic E-state index is 5.61. The number of rotatable bonds is 7. The van der Waals surface area contributed by atoms with Gasteiger partial charge in [-0.25, -0.2) is 9.50 Å². The van der Waals surface area contributed by atoms with Crippen LogP contribution in [0.15, 0.2) is 60.9 Å². The molecule has 0 atom stereocenters. The third kappa shape index (κ3) is 4.06. The van der Waals surface area contributed by atoms with Gasteiger partial charge >= 0.3 is 0 Å². The number of ether oxygens (including phenoxy) is 1. The third-order valence-electron chi connectivity index (χ3n) is 4.94. The molecule has 0 saturated heterocycles. The molecule has 0 fully saturated rings. The quantitative estimate of drug-likeness (QED) is 0.503. The van der Waals surface area contributed by atoms with Crippen molar-refractivity contribution < 1.29 is 4.74 Å². The van der Waals surface area contributed by atoms with Crippen LogP contribution in [0, 0.1) is 0 Å². The molecule has 0 spiro atoms. The lowest BCUT2D eigenvalue weighted by molar-refractivity contribution is 0.416. The number of benzene rings is 1. The van der Waals surface area contributed by atoms with Gasteiger partial charge in [0.2, 0.25) is 0 Å². The van der Waals surface area contributed by atoms with Crippen molar-refractivity contribution in [2.75, 3.05) is 19.0 Å². The zero-order valence-corrected chi connectivity index (χ0v) is 17.0. The van der Waals surface area contributed by atoms with Crippen LogP contribution in [0.3, 0.4) is 0 Å². The Labute approximate surface area is 170 Å². The maximum atomic E-state index is 5.61. The summed E-state index contributed by atoms with van der Waals surface area (Å²) in [5, 5.41) is 8.14. The number of nitrogens with one attached hydrogen (secondary N) is 1. The average molecular weight is 387 g/mol. The van der Waals surface area contributed by atoms with Gasteiger partial charge in [0, 0.05) is 30.4 Å². The summed E-state index contributed by atoms with van der Waals surface area (Å²) in [6.07, 6.45) is 4.50. The molecule has 3 heterocycles. The largest absolute Gasteiger partial charge is 0.496 e. The number of nitrogens with zero attached hydrogens (tertiary/aromatic N) is 4. The Bertz CT molecular complexity index is 1100. The molecule has 0 aliphatic carbocycles. The van der Waals surface area contributed by atoms with Gasteiger partial charge < -0.3 is 10.1 Å². The zero-order valence-electron chi connectivity index (χ0n) is 17.0. The van der Waals surface area contributed by atoms with E-state index in [0.29, 0.717) is 5.92 Å². The molecule has 0 amide bonds. The second kappa shape index (κ2) is 8.31. The molecule has 1 aromatic carbocycles. The van der Waals surface area contributed by atoms with Crippen molar-refractivity contribution in [1.82, 2.24) is 19.6 Å². The highest BCUT2D eigenvalue weighted by Gasteiger charge is 2.14. The van der Waals surface area contributed by atoms with E-state index in [1.54, 1.807) is 7.11 Å². The lowest BCUT2D eigenvalue weighted by Crippen LogP contribution is -2.09. The van der Waals surface area contributed by atoms with Gasteiger partial charge in [0.1, 0.15) is 11.6 Å². The van der Waals surface area contributed by atoms with Crippen LogP contribution >= 0.6 is 0 Å². The zero-order chi connectivity index (χ0) is 20.2. The van der Waals surface area contributed by atoms with Crippen molar-refractivity contribution in [3.63, 3.8) is 0 Å². The van der Waals surface area contributed by atoms with E-state index in [1.165, 1.54) is 5.56 Å². The number of hydrogen-bond acceptors (Lipinski definition) is 5. The highest BCUT2D eigenvalue weighted by Crippen LogP contribution is 2.33. The van der Waals surface area contributed by atoms with E-state index < -0.39 is 0 Å². The smallest absolute Gasteiger partial charge is 0.154 e. The SMILES string of the molecule is COc1ccc(C(C)C)cc1-c1cnc2ccc(NCCc3ccccn3)nn12. The Hall–Kier alpha value is -3.41. The minimum Gasteiger partial charge on any atom is -0.496 e. The Morgan fingerprint density at radius 3 is 2.72 bits per heavy atom. The molecular formula is C23H25N5O. The van der Waals surface area contributed by atoms with E-state index in [0.717, 1.165) is 47.1 Å². The predicted octanol–water partition coefficient (Wildman–Crippen LogP) is 4.58. The van der Waals surface area contributed by atoms with Crippen LogP contribution < -0.4 is 10.1 Å². The normalized spacial score (nSPS) is 11.2. The van der Waals surface area contributed by atoms with Crippen LogP contribution in [0.1, 0.15) is 31.0 Å². The first-order valence-electron chi connectivity index (χ1n) is 9.82. The van der Waals surface area contributed by atoms with E-state index in [2.05, 4.69) is 41.3 Å². The Balaban J connectivity index is 1.63. The van der Waals surface area contributed by atoms with Crippen LogP contribution in [0.4, 0.5) is 5.82 Å². The number of hydrogen-bond donors (Lipinski definition) is 1. The minimum atomic E-state index is 0.427. The van der Waals surface area contributed by atoms with E-state index >= 15 is 0 Å². The standard InChI is InChI=1S/C23H25N5O/c1-16(2)17-7-8-21(29-3)19(14-17)20-15-26-23-10-9-22(27-28(20)23)25-13-11-18-6-4-5-12-24-18/h4-10,12,14-16H,11,13H2,1-3H3,(H,25,27). The number of fused-ring (bicyclic) bond motifs is 1. The lowest BCUT2D eigenvalue weighted by atomic mass is 9.99. The Morgan fingerprint density at radius 1 is 1.07 bits per heavy atom. The van der Waals surface area contributed by atoms with Crippen molar-refractivity contribution in [1.29, 1.82) is 0 Å². The molecule has 4 aromatic rings. The van der Waals surface area contributed by atoms with Crippen molar-refractivity contribution in [3.8, 4) is 17.0 Å². The molecule has 0 radical (unpaired) electrons. The molecule has 6 heteroatoms. The fraction of sp³-hybridized carbons (Fsp3) is 0.261.